The number of carbonyl (C=O) groups excluding carboxylic acids is 1. The quantitative estimate of drug-likeness (QED) is 0.394. The molecule has 4 N–H and O–H groups in total. The van der Waals surface area contributed by atoms with E-state index in [2.05, 4.69) is 20.7 Å². The van der Waals surface area contributed by atoms with Gasteiger partial charge in [-0.25, -0.2) is 5.43 Å². The lowest BCUT2D eigenvalue weighted by Crippen LogP contribution is -2.18. The van der Waals surface area contributed by atoms with Crippen molar-refractivity contribution in [2.75, 3.05) is 0 Å². The van der Waals surface area contributed by atoms with Crippen LogP contribution in [-0.2, 0) is 5.41 Å². The van der Waals surface area contributed by atoms with Gasteiger partial charge in [0.15, 0.2) is 17.2 Å². The number of phenols is 2. The van der Waals surface area contributed by atoms with E-state index in [9.17, 15) is 15.0 Å². The van der Waals surface area contributed by atoms with Gasteiger partial charge in [-0.05, 0) is 29.8 Å². The van der Waals surface area contributed by atoms with Crippen LogP contribution in [0, 0.1) is 0 Å². The minimum atomic E-state index is -0.439. The lowest BCUT2D eigenvalue weighted by atomic mass is 9.92. The fourth-order valence-corrected chi connectivity index (χ4v) is 1.67. The molecule has 0 saturated heterocycles. The van der Waals surface area contributed by atoms with Crippen molar-refractivity contribution in [2.45, 2.75) is 26.2 Å². The van der Waals surface area contributed by atoms with Crippen LogP contribution in [0.5, 0.6) is 11.5 Å². The summed E-state index contributed by atoms with van der Waals surface area (Å²) in [5.74, 6) is -0.907. The molecule has 1 amide bonds. The first-order chi connectivity index (χ1) is 10.3. The summed E-state index contributed by atoms with van der Waals surface area (Å²) in [6.45, 7) is 6.03. The number of aromatic amines is 1. The molecule has 2 aromatic rings. The predicted molar refractivity (Wildman–Crippen MR) is 82.1 cm³/mol. The van der Waals surface area contributed by atoms with Gasteiger partial charge in [-0.15, -0.1) is 0 Å². The highest BCUT2D eigenvalue weighted by Crippen LogP contribution is 2.24. The Balaban J connectivity index is 2.01. The van der Waals surface area contributed by atoms with Gasteiger partial charge in [0.05, 0.1) is 6.21 Å². The predicted octanol–water partition coefficient (Wildman–Crippen LogP) is 1.88. The summed E-state index contributed by atoms with van der Waals surface area (Å²) in [5, 5.41) is 29.1. The first-order valence-electron chi connectivity index (χ1n) is 6.68. The zero-order valence-corrected chi connectivity index (χ0v) is 12.6. The summed E-state index contributed by atoms with van der Waals surface area (Å²) in [7, 11) is 0. The number of aromatic nitrogens is 2. The van der Waals surface area contributed by atoms with Crippen LogP contribution in [0.25, 0.3) is 0 Å². The molecule has 0 radical (unpaired) electrons. The maximum Gasteiger partial charge on any atom is 0.291 e. The number of nitrogens with zero attached hydrogens (tertiary/aromatic N) is 2. The van der Waals surface area contributed by atoms with Crippen LogP contribution in [0.4, 0.5) is 0 Å². The average Bonchev–Trinajstić information content (AvgIpc) is 2.92. The van der Waals surface area contributed by atoms with Gasteiger partial charge in [0, 0.05) is 11.1 Å². The molecule has 7 heteroatoms. The Hall–Kier alpha value is -2.83. The Bertz CT molecular complexity index is 714. The second-order valence-corrected chi connectivity index (χ2v) is 5.86. The van der Waals surface area contributed by atoms with Crippen molar-refractivity contribution in [1.29, 1.82) is 0 Å². The van der Waals surface area contributed by atoms with Gasteiger partial charge in [0.1, 0.15) is 0 Å². The van der Waals surface area contributed by atoms with E-state index < -0.39 is 5.91 Å². The number of hydrogen-bond acceptors (Lipinski definition) is 5. The number of benzene rings is 1. The van der Waals surface area contributed by atoms with Gasteiger partial charge in [-0.3, -0.25) is 9.89 Å². The third kappa shape index (κ3) is 3.63. The molecule has 0 aliphatic carbocycles. The topological polar surface area (TPSA) is 111 Å². The van der Waals surface area contributed by atoms with E-state index in [4.69, 9.17) is 0 Å². The van der Waals surface area contributed by atoms with Crippen molar-refractivity contribution < 1.29 is 15.0 Å². The van der Waals surface area contributed by atoms with Gasteiger partial charge in [-0.2, -0.15) is 10.2 Å². The van der Waals surface area contributed by atoms with Crippen LogP contribution < -0.4 is 5.43 Å². The summed E-state index contributed by atoms with van der Waals surface area (Å²) in [6, 6.07) is 5.90. The molecule has 0 unspecified atom stereocenters. The molecule has 0 saturated carbocycles. The van der Waals surface area contributed by atoms with Crippen molar-refractivity contribution in [3.05, 3.63) is 41.2 Å². The molecule has 0 spiro atoms. The van der Waals surface area contributed by atoms with E-state index in [1.54, 1.807) is 12.1 Å². The third-order valence-corrected chi connectivity index (χ3v) is 3.00. The van der Waals surface area contributed by atoms with Crippen molar-refractivity contribution in [2.24, 2.45) is 5.10 Å². The minimum Gasteiger partial charge on any atom is -0.504 e. The first-order valence-corrected chi connectivity index (χ1v) is 6.68. The molecule has 1 aromatic carbocycles. The Morgan fingerprint density at radius 2 is 2.00 bits per heavy atom. The molecule has 1 aromatic heterocycles. The molecule has 7 nitrogen and oxygen atoms in total. The van der Waals surface area contributed by atoms with Crippen molar-refractivity contribution in [1.82, 2.24) is 15.6 Å². The summed E-state index contributed by atoms with van der Waals surface area (Å²) in [6.07, 6.45) is 1.36. The van der Waals surface area contributed by atoms with E-state index >= 15 is 0 Å². The second kappa shape index (κ2) is 5.88. The maximum absolute atomic E-state index is 11.9. The normalized spacial score (nSPS) is 11.8. The molecule has 0 bridgehead atoms. The molecule has 0 aliphatic heterocycles. The average molecular weight is 302 g/mol. The van der Waals surface area contributed by atoms with E-state index in [-0.39, 0.29) is 22.6 Å². The van der Waals surface area contributed by atoms with Crippen LogP contribution in [0.2, 0.25) is 0 Å². The second-order valence-electron chi connectivity index (χ2n) is 5.86. The Morgan fingerprint density at radius 3 is 2.59 bits per heavy atom. The molecule has 116 valence electrons. The van der Waals surface area contributed by atoms with Crippen LogP contribution in [0.3, 0.4) is 0 Å². The summed E-state index contributed by atoms with van der Waals surface area (Å²) >= 11 is 0. The zero-order valence-electron chi connectivity index (χ0n) is 12.6. The lowest BCUT2D eigenvalue weighted by molar-refractivity contribution is 0.0950. The van der Waals surface area contributed by atoms with E-state index in [1.807, 2.05) is 20.8 Å². The summed E-state index contributed by atoms with van der Waals surface area (Å²) in [5.41, 5.74) is 3.86. The first kappa shape index (κ1) is 15.6. The van der Waals surface area contributed by atoms with Crippen LogP contribution in [0.15, 0.2) is 29.4 Å². The van der Waals surface area contributed by atoms with Gasteiger partial charge in [0.25, 0.3) is 5.91 Å². The zero-order chi connectivity index (χ0) is 16.3. The number of nitrogens with one attached hydrogen (secondary N) is 2. The summed E-state index contributed by atoms with van der Waals surface area (Å²) < 4.78 is 0. The Kier molecular flexibility index (Phi) is 4.16. The monoisotopic (exact) mass is 302 g/mol. The third-order valence-electron chi connectivity index (χ3n) is 3.00. The molecule has 0 aliphatic rings. The van der Waals surface area contributed by atoms with Gasteiger partial charge in [0.2, 0.25) is 0 Å². The van der Waals surface area contributed by atoms with Crippen LogP contribution >= 0.6 is 0 Å². The highest BCUT2D eigenvalue weighted by molar-refractivity contribution is 5.93. The number of aromatic hydroxyl groups is 2. The lowest BCUT2D eigenvalue weighted by Gasteiger charge is -2.14. The number of carbonyl (C=O) groups is 1. The van der Waals surface area contributed by atoms with Gasteiger partial charge in [-0.1, -0.05) is 20.8 Å². The number of phenolic OH excluding ortho intramolecular Hbond substituents is 2. The van der Waals surface area contributed by atoms with Crippen molar-refractivity contribution in [3.8, 4) is 11.5 Å². The number of hydrogen-bond donors (Lipinski definition) is 4. The minimum absolute atomic E-state index is 0.127. The van der Waals surface area contributed by atoms with Crippen molar-refractivity contribution in [3.63, 3.8) is 0 Å². The molecule has 2 rings (SSSR count). The van der Waals surface area contributed by atoms with Crippen LogP contribution in [-0.4, -0.2) is 32.5 Å². The number of H-pyrrole nitrogens is 1. The van der Waals surface area contributed by atoms with Crippen LogP contribution in [0.1, 0.15) is 42.5 Å². The molecule has 0 atom stereocenters. The fourth-order valence-electron chi connectivity index (χ4n) is 1.67. The number of hydrazone groups is 1. The van der Waals surface area contributed by atoms with E-state index in [0.29, 0.717) is 5.56 Å². The largest absolute Gasteiger partial charge is 0.504 e. The molecular weight excluding hydrogens is 284 g/mol. The summed E-state index contributed by atoms with van der Waals surface area (Å²) in [4.78, 5) is 11.9. The smallest absolute Gasteiger partial charge is 0.291 e. The standard InChI is InChI=1S/C15H18N4O3/c1-15(2,3)13-7-10(17-18-13)14(22)19-16-8-9-4-5-11(20)12(21)6-9/h4-8,20-21H,1-3H3,(H,17,18)(H,19,22)/b16-8+. The van der Waals surface area contributed by atoms with E-state index in [0.717, 1.165) is 5.69 Å². The SMILES string of the molecule is CC(C)(C)c1cc(C(=O)N/N=C/c2ccc(O)c(O)c2)n[nH]1. The molecule has 22 heavy (non-hydrogen) atoms. The molecular formula is C15H18N4O3. The Labute approximate surface area is 127 Å². The number of rotatable bonds is 3. The highest BCUT2D eigenvalue weighted by Gasteiger charge is 2.19. The number of amides is 1. The fraction of sp³-hybridized carbons (Fsp3) is 0.267. The molecule has 0 fully saturated rings. The Morgan fingerprint density at radius 1 is 1.27 bits per heavy atom. The molecule has 1 heterocycles. The van der Waals surface area contributed by atoms with Crippen molar-refractivity contribution >= 4 is 12.1 Å². The maximum atomic E-state index is 11.9. The van der Waals surface area contributed by atoms with Gasteiger partial charge < -0.3 is 10.2 Å². The van der Waals surface area contributed by atoms with E-state index in [1.165, 1.54) is 18.3 Å². The van der Waals surface area contributed by atoms with Gasteiger partial charge >= 0.3 is 0 Å². The highest BCUT2D eigenvalue weighted by atomic mass is 16.3.